The van der Waals surface area contributed by atoms with Crippen LogP contribution in [0.4, 0.5) is 11.6 Å². The summed E-state index contributed by atoms with van der Waals surface area (Å²) < 4.78 is 32.2. The lowest BCUT2D eigenvalue weighted by Crippen LogP contribution is -2.13. The van der Waals surface area contributed by atoms with E-state index in [1.807, 2.05) is 13.0 Å². The fourth-order valence-corrected chi connectivity index (χ4v) is 4.09. The number of nitrogens with one attached hydrogen (secondary N) is 2. The molecule has 0 saturated carbocycles. The van der Waals surface area contributed by atoms with Crippen molar-refractivity contribution in [1.29, 1.82) is 0 Å². The van der Waals surface area contributed by atoms with E-state index in [0.29, 0.717) is 19.0 Å². The van der Waals surface area contributed by atoms with Crippen molar-refractivity contribution in [2.45, 2.75) is 24.0 Å². The molecular weight excluding hydrogens is 336 g/mol. The third kappa shape index (κ3) is 5.15. The average Bonchev–Trinajstić information content (AvgIpc) is 3.03. The summed E-state index contributed by atoms with van der Waals surface area (Å²) >= 11 is 1.26. The van der Waals surface area contributed by atoms with Gasteiger partial charge in [-0.2, -0.15) is 0 Å². The number of anilines is 2. The van der Waals surface area contributed by atoms with Crippen molar-refractivity contribution in [3.8, 4) is 0 Å². The van der Waals surface area contributed by atoms with Gasteiger partial charge in [-0.3, -0.25) is 4.72 Å². The Kier molecular flexibility index (Phi) is 6.31. The summed E-state index contributed by atoms with van der Waals surface area (Å²) in [6.45, 7) is 3.36. The number of nitrogens with zero attached hydrogens (tertiary/aromatic N) is 2. The lowest BCUT2D eigenvalue weighted by Gasteiger charge is -2.07. The van der Waals surface area contributed by atoms with Crippen molar-refractivity contribution in [3.63, 3.8) is 0 Å². The Bertz CT molecular complexity index is 714. The zero-order valence-electron chi connectivity index (χ0n) is 13.1. The van der Waals surface area contributed by atoms with E-state index in [9.17, 15) is 8.42 Å². The van der Waals surface area contributed by atoms with Gasteiger partial charge in [-0.1, -0.05) is 6.92 Å². The molecule has 0 unspecified atom stereocenters. The smallest absolute Gasteiger partial charge is 0.272 e. The molecule has 9 heteroatoms. The molecule has 2 rings (SSSR count). The number of aromatic nitrogens is 2. The van der Waals surface area contributed by atoms with Crippen molar-refractivity contribution in [2.24, 2.45) is 0 Å². The van der Waals surface area contributed by atoms with Gasteiger partial charge in [-0.25, -0.2) is 8.42 Å². The summed E-state index contributed by atoms with van der Waals surface area (Å²) in [5.74, 6) is 0.785. The van der Waals surface area contributed by atoms with Gasteiger partial charge >= 0.3 is 0 Å². The fraction of sp³-hybridized carbons (Fsp3) is 0.429. The molecule has 0 bridgehead atoms. The Balaban J connectivity index is 1.97. The summed E-state index contributed by atoms with van der Waals surface area (Å²) in [4.78, 5) is 1.02. The van der Waals surface area contributed by atoms with Crippen LogP contribution >= 0.6 is 11.3 Å². The lowest BCUT2D eigenvalue weighted by atomic mass is 10.4. The number of rotatable bonds is 9. The van der Waals surface area contributed by atoms with Gasteiger partial charge < -0.3 is 10.1 Å². The average molecular weight is 356 g/mol. The van der Waals surface area contributed by atoms with Crippen LogP contribution in [-0.4, -0.2) is 38.9 Å². The van der Waals surface area contributed by atoms with E-state index in [-0.39, 0.29) is 10.0 Å². The van der Waals surface area contributed by atoms with Crippen molar-refractivity contribution in [3.05, 3.63) is 29.1 Å². The first-order chi connectivity index (χ1) is 11.0. The third-order valence-electron chi connectivity index (χ3n) is 2.99. The van der Waals surface area contributed by atoms with Crippen LogP contribution in [-0.2, 0) is 21.2 Å². The van der Waals surface area contributed by atoms with Gasteiger partial charge in [-0.15, -0.1) is 21.5 Å². The zero-order valence-corrected chi connectivity index (χ0v) is 14.7. The number of sulfonamides is 1. The molecule has 126 valence electrons. The summed E-state index contributed by atoms with van der Waals surface area (Å²) in [6.07, 6.45) is 1.66. The molecule has 0 radical (unpaired) electrons. The van der Waals surface area contributed by atoms with Gasteiger partial charge in [0.15, 0.2) is 5.82 Å². The Labute approximate surface area is 140 Å². The maximum absolute atomic E-state index is 12.3. The van der Waals surface area contributed by atoms with E-state index >= 15 is 0 Å². The highest BCUT2D eigenvalue weighted by atomic mass is 32.2. The van der Waals surface area contributed by atoms with E-state index in [0.717, 1.165) is 17.7 Å². The van der Waals surface area contributed by atoms with E-state index in [2.05, 4.69) is 20.2 Å². The SMILES string of the molecule is CCc1ccc(S(=O)(=O)Nc2ccc(NCCCOC)nn2)s1. The number of thiophene rings is 1. The van der Waals surface area contributed by atoms with Crippen LogP contribution in [0.1, 0.15) is 18.2 Å². The molecule has 0 aliphatic rings. The molecule has 0 spiro atoms. The molecule has 2 heterocycles. The molecular formula is C14H20N4O3S2. The second kappa shape index (κ2) is 8.23. The molecule has 2 N–H and O–H groups in total. The minimum absolute atomic E-state index is 0.193. The first kappa shape index (κ1) is 17.6. The predicted molar refractivity (Wildman–Crippen MR) is 91.5 cm³/mol. The van der Waals surface area contributed by atoms with Crippen LogP contribution in [0.15, 0.2) is 28.5 Å². The number of aryl methyl sites for hydroxylation is 1. The second-order valence-electron chi connectivity index (χ2n) is 4.76. The minimum Gasteiger partial charge on any atom is -0.385 e. The molecule has 0 aromatic carbocycles. The molecule has 0 fully saturated rings. The minimum atomic E-state index is -3.61. The second-order valence-corrected chi connectivity index (χ2v) is 7.83. The van der Waals surface area contributed by atoms with Gasteiger partial charge in [0.05, 0.1) is 0 Å². The van der Waals surface area contributed by atoms with Crippen LogP contribution in [0.2, 0.25) is 0 Å². The Hall–Kier alpha value is -1.71. The largest absolute Gasteiger partial charge is 0.385 e. The molecule has 2 aromatic rings. The normalized spacial score (nSPS) is 11.4. The molecule has 0 saturated heterocycles. The van der Waals surface area contributed by atoms with Crippen LogP contribution in [0.25, 0.3) is 0 Å². The number of methoxy groups -OCH3 is 1. The molecule has 23 heavy (non-hydrogen) atoms. The molecule has 0 atom stereocenters. The Morgan fingerprint density at radius 2 is 1.91 bits per heavy atom. The van der Waals surface area contributed by atoms with E-state index < -0.39 is 10.0 Å². The Morgan fingerprint density at radius 3 is 2.52 bits per heavy atom. The van der Waals surface area contributed by atoms with Crippen molar-refractivity contribution < 1.29 is 13.2 Å². The maximum Gasteiger partial charge on any atom is 0.272 e. The summed E-state index contributed by atoms with van der Waals surface area (Å²) in [7, 11) is -1.96. The van der Waals surface area contributed by atoms with Gasteiger partial charge in [0, 0.05) is 25.1 Å². The zero-order chi connectivity index (χ0) is 16.7. The monoisotopic (exact) mass is 356 g/mol. The molecule has 2 aromatic heterocycles. The first-order valence-electron chi connectivity index (χ1n) is 7.23. The highest BCUT2D eigenvalue weighted by molar-refractivity contribution is 7.94. The van der Waals surface area contributed by atoms with Crippen LogP contribution in [0, 0.1) is 0 Å². The quantitative estimate of drug-likeness (QED) is 0.670. The van der Waals surface area contributed by atoms with Gasteiger partial charge in [0.2, 0.25) is 0 Å². The van der Waals surface area contributed by atoms with Crippen LogP contribution in [0.3, 0.4) is 0 Å². The lowest BCUT2D eigenvalue weighted by molar-refractivity contribution is 0.197. The molecule has 0 aliphatic heterocycles. The number of hydrogen-bond donors (Lipinski definition) is 2. The van der Waals surface area contributed by atoms with Gasteiger partial charge in [-0.05, 0) is 37.1 Å². The topological polar surface area (TPSA) is 93.2 Å². The highest BCUT2D eigenvalue weighted by Crippen LogP contribution is 2.23. The Morgan fingerprint density at radius 1 is 1.17 bits per heavy atom. The van der Waals surface area contributed by atoms with E-state index in [4.69, 9.17) is 4.74 Å². The molecule has 7 nitrogen and oxygen atoms in total. The van der Waals surface area contributed by atoms with E-state index in [1.165, 1.54) is 11.3 Å². The van der Waals surface area contributed by atoms with Crippen LogP contribution in [0.5, 0.6) is 0 Å². The fourth-order valence-electron chi connectivity index (χ4n) is 1.79. The van der Waals surface area contributed by atoms with Gasteiger partial charge in [0.25, 0.3) is 10.0 Å². The van der Waals surface area contributed by atoms with E-state index in [1.54, 1.807) is 25.3 Å². The van der Waals surface area contributed by atoms with Gasteiger partial charge in [0.1, 0.15) is 10.0 Å². The van der Waals surface area contributed by atoms with Crippen molar-refractivity contribution >= 4 is 33.0 Å². The predicted octanol–water partition coefficient (Wildman–Crippen LogP) is 2.35. The number of hydrogen-bond acceptors (Lipinski definition) is 7. The molecule has 0 amide bonds. The first-order valence-corrected chi connectivity index (χ1v) is 9.53. The summed E-state index contributed by atoms with van der Waals surface area (Å²) in [5, 5.41) is 10.9. The highest BCUT2D eigenvalue weighted by Gasteiger charge is 2.17. The standard InChI is InChI=1S/C14H20N4O3S2/c1-3-11-5-8-14(22-11)23(19,20)18-13-7-6-12(16-17-13)15-9-4-10-21-2/h5-8H,3-4,9-10H2,1-2H3,(H,15,16)(H,17,18). The third-order valence-corrected chi connectivity index (χ3v) is 6.06. The maximum atomic E-state index is 12.3. The van der Waals surface area contributed by atoms with Crippen molar-refractivity contribution in [1.82, 2.24) is 10.2 Å². The molecule has 0 aliphatic carbocycles. The summed E-state index contributed by atoms with van der Waals surface area (Å²) in [6, 6.07) is 6.68. The summed E-state index contributed by atoms with van der Waals surface area (Å²) in [5.41, 5.74) is 0. The van der Waals surface area contributed by atoms with Crippen molar-refractivity contribution in [2.75, 3.05) is 30.3 Å². The van der Waals surface area contributed by atoms with Crippen LogP contribution < -0.4 is 10.0 Å². The number of ether oxygens (including phenoxy) is 1.